The predicted octanol–water partition coefficient (Wildman–Crippen LogP) is 3.66. The summed E-state index contributed by atoms with van der Waals surface area (Å²) in [6, 6.07) is 0.557. The number of hydrogen-bond acceptors (Lipinski definition) is 4. The number of nitrogens with zero attached hydrogens (tertiary/aromatic N) is 2. The van der Waals surface area contributed by atoms with Crippen LogP contribution in [0.1, 0.15) is 43.8 Å². The second-order valence-electron chi connectivity index (χ2n) is 5.29. The molecule has 1 saturated carbocycles. The lowest BCUT2D eigenvalue weighted by Gasteiger charge is -2.17. The van der Waals surface area contributed by atoms with E-state index >= 15 is 0 Å². The minimum atomic E-state index is 0. The highest BCUT2D eigenvalue weighted by Gasteiger charge is 2.24. The summed E-state index contributed by atoms with van der Waals surface area (Å²) in [5.74, 6) is 0.926. The largest absolute Gasteiger partial charge is 0.357 e. The molecule has 0 saturated heterocycles. The van der Waals surface area contributed by atoms with Crippen LogP contribution in [0.3, 0.4) is 0 Å². The number of aliphatic imine (C=N–C) groups is 1. The standard InChI is InChI=1S/C15H26N4S2.HI/c1-4-14-18-12(10-21-14)9-17-15(16-5-2)19-11-6-7-13(8-11)20-3;/h10-11,13H,4-9H2,1-3H3,(H2,16,17,19);1H. The number of hydrogen-bond donors (Lipinski definition) is 2. The molecule has 7 heteroatoms. The van der Waals surface area contributed by atoms with Crippen molar-refractivity contribution in [3.8, 4) is 0 Å². The maximum absolute atomic E-state index is 4.68. The number of aryl methyl sites for hydroxylation is 1. The molecule has 1 aromatic heterocycles. The van der Waals surface area contributed by atoms with Gasteiger partial charge in [0.1, 0.15) is 0 Å². The monoisotopic (exact) mass is 454 g/mol. The number of rotatable bonds is 6. The van der Waals surface area contributed by atoms with Crippen LogP contribution < -0.4 is 10.6 Å². The van der Waals surface area contributed by atoms with E-state index in [9.17, 15) is 0 Å². The van der Waals surface area contributed by atoms with E-state index in [1.165, 1.54) is 24.3 Å². The quantitative estimate of drug-likeness (QED) is 0.391. The minimum absolute atomic E-state index is 0. The van der Waals surface area contributed by atoms with Crippen molar-refractivity contribution >= 4 is 53.0 Å². The summed E-state index contributed by atoms with van der Waals surface area (Å²) in [7, 11) is 0. The van der Waals surface area contributed by atoms with Gasteiger partial charge in [-0.05, 0) is 38.9 Å². The molecule has 0 amide bonds. The maximum Gasteiger partial charge on any atom is 0.191 e. The number of guanidine groups is 1. The van der Waals surface area contributed by atoms with Crippen molar-refractivity contribution in [1.82, 2.24) is 15.6 Å². The lowest BCUT2D eigenvalue weighted by Crippen LogP contribution is -2.42. The molecule has 2 N–H and O–H groups in total. The van der Waals surface area contributed by atoms with Gasteiger partial charge in [0.15, 0.2) is 5.96 Å². The molecule has 1 aliphatic carbocycles. The predicted molar refractivity (Wildman–Crippen MR) is 110 cm³/mol. The topological polar surface area (TPSA) is 49.3 Å². The van der Waals surface area contributed by atoms with E-state index < -0.39 is 0 Å². The van der Waals surface area contributed by atoms with Gasteiger partial charge < -0.3 is 10.6 Å². The Morgan fingerprint density at radius 3 is 2.86 bits per heavy atom. The van der Waals surface area contributed by atoms with Crippen molar-refractivity contribution in [2.45, 2.75) is 57.4 Å². The average Bonchev–Trinajstić information content (AvgIpc) is 3.13. The molecule has 0 aliphatic heterocycles. The Labute approximate surface area is 159 Å². The smallest absolute Gasteiger partial charge is 0.191 e. The van der Waals surface area contributed by atoms with Crippen LogP contribution in [0.2, 0.25) is 0 Å². The zero-order chi connectivity index (χ0) is 15.1. The summed E-state index contributed by atoms with van der Waals surface area (Å²) >= 11 is 3.71. The average molecular weight is 454 g/mol. The van der Waals surface area contributed by atoms with E-state index in [2.05, 4.69) is 46.1 Å². The molecule has 0 radical (unpaired) electrons. The molecule has 2 rings (SSSR count). The van der Waals surface area contributed by atoms with Gasteiger partial charge in [-0.3, -0.25) is 0 Å². The van der Waals surface area contributed by atoms with Crippen LogP contribution in [-0.4, -0.2) is 35.0 Å². The van der Waals surface area contributed by atoms with E-state index in [1.807, 2.05) is 11.8 Å². The van der Waals surface area contributed by atoms with Gasteiger partial charge in [-0.2, -0.15) is 11.8 Å². The second kappa shape index (κ2) is 10.7. The zero-order valence-electron chi connectivity index (χ0n) is 13.6. The minimum Gasteiger partial charge on any atom is -0.357 e. The highest BCUT2D eigenvalue weighted by Crippen LogP contribution is 2.28. The molecule has 1 heterocycles. The van der Waals surface area contributed by atoms with Crippen molar-refractivity contribution in [3.63, 3.8) is 0 Å². The maximum atomic E-state index is 4.68. The molecular weight excluding hydrogens is 427 g/mol. The number of nitrogens with one attached hydrogen (secondary N) is 2. The Morgan fingerprint density at radius 1 is 1.45 bits per heavy atom. The van der Waals surface area contributed by atoms with Crippen LogP contribution in [0.15, 0.2) is 10.4 Å². The molecule has 0 aromatic carbocycles. The molecule has 4 nitrogen and oxygen atoms in total. The summed E-state index contributed by atoms with van der Waals surface area (Å²) in [6.45, 7) is 5.79. The van der Waals surface area contributed by atoms with Crippen molar-refractivity contribution in [2.24, 2.45) is 4.99 Å². The molecule has 22 heavy (non-hydrogen) atoms. The van der Waals surface area contributed by atoms with Crippen LogP contribution in [0.25, 0.3) is 0 Å². The molecule has 0 bridgehead atoms. The fraction of sp³-hybridized carbons (Fsp3) is 0.733. The summed E-state index contributed by atoms with van der Waals surface area (Å²) in [4.78, 5) is 9.25. The normalized spacial score (nSPS) is 21.5. The van der Waals surface area contributed by atoms with Crippen LogP contribution in [0.4, 0.5) is 0 Å². The summed E-state index contributed by atoms with van der Waals surface area (Å²) in [5.41, 5.74) is 1.07. The van der Waals surface area contributed by atoms with Gasteiger partial charge in [0.25, 0.3) is 0 Å². The first kappa shape index (κ1) is 20.0. The van der Waals surface area contributed by atoms with Gasteiger partial charge >= 0.3 is 0 Å². The van der Waals surface area contributed by atoms with E-state index in [0.717, 1.165) is 29.9 Å². The lowest BCUT2D eigenvalue weighted by atomic mass is 10.2. The third-order valence-electron chi connectivity index (χ3n) is 3.70. The van der Waals surface area contributed by atoms with Gasteiger partial charge in [-0.1, -0.05) is 6.92 Å². The molecule has 1 aliphatic rings. The second-order valence-corrected chi connectivity index (χ2v) is 7.37. The fourth-order valence-corrected chi connectivity index (χ4v) is 4.08. The van der Waals surface area contributed by atoms with Gasteiger partial charge in [0, 0.05) is 23.2 Å². The number of aromatic nitrogens is 1. The first-order valence-corrected chi connectivity index (χ1v) is 9.92. The lowest BCUT2D eigenvalue weighted by molar-refractivity contribution is 0.615. The van der Waals surface area contributed by atoms with Crippen LogP contribution in [0, 0.1) is 0 Å². The third kappa shape index (κ3) is 6.23. The van der Waals surface area contributed by atoms with E-state index in [4.69, 9.17) is 0 Å². The number of halogens is 1. The Balaban J connectivity index is 0.00000242. The Kier molecular flexibility index (Phi) is 9.74. The van der Waals surface area contributed by atoms with Crippen LogP contribution >= 0.6 is 47.1 Å². The van der Waals surface area contributed by atoms with Gasteiger partial charge in [-0.25, -0.2) is 9.98 Å². The first-order chi connectivity index (χ1) is 10.2. The van der Waals surface area contributed by atoms with Gasteiger partial charge in [-0.15, -0.1) is 35.3 Å². The SMILES string of the molecule is CCNC(=NCc1csc(CC)n1)NC1CCC(SC)C1.I. The van der Waals surface area contributed by atoms with Crippen LogP contribution in [-0.2, 0) is 13.0 Å². The molecule has 126 valence electrons. The van der Waals surface area contributed by atoms with E-state index in [-0.39, 0.29) is 24.0 Å². The van der Waals surface area contributed by atoms with E-state index in [0.29, 0.717) is 12.6 Å². The van der Waals surface area contributed by atoms with Gasteiger partial charge in [0.05, 0.1) is 17.2 Å². The van der Waals surface area contributed by atoms with Crippen LogP contribution in [0.5, 0.6) is 0 Å². The van der Waals surface area contributed by atoms with Gasteiger partial charge in [0.2, 0.25) is 0 Å². The summed E-state index contributed by atoms with van der Waals surface area (Å²) < 4.78 is 0. The van der Waals surface area contributed by atoms with Crippen molar-refractivity contribution in [2.75, 3.05) is 12.8 Å². The van der Waals surface area contributed by atoms with E-state index in [1.54, 1.807) is 11.3 Å². The summed E-state index contributed by atoms with van der Waals surface area (Å²) in [6.07, 6.45) is 7.00. The Bertz CT molecular complexity index is 464. The molecule has 2 unspecified atom stereocenters. The highest BCUT2D eigenvalue weighted by atomic mass is 127. The Hall–Kier alpha value is -0.0200. The third-order valence-corrected chi connectivity index (χ3v) is 5.84. The summed E-state index contributed by atoms with van der Waals surface area (Å²) in [5, 5.41) is 11.0. The molecule has 1 fully saturated rings. The zero-order valence-corrected chi connectivity index (χ0v) is 17.6. The van der Waals surface area contributed by atoms with Crippen molar-refractivity contribution in [3.05, 3.63) is 16.1 Å². The molecule has 1 aromatic rings. The molecular formula is C15H27IN4S2. The number of thioether (sulfide) groups is 1. The molecule has 0 spiro atoms. The van der Waals surface area contributed by atoms with Crippen molar-refractivity contribution < 1.29 is 0 Å². The Morgan fingerprint density at radius 2 is 2.27 bits per heavy atom. The fourth-order valence-electron chi connectivity index (χ4n) is 2.54. The highest BCUT2D eigenvalue weighted by molar-refractivity contribution is 14.0. The van der Waals surface area contributed by atoms with Crippen molar-refractivity contribution in [1.29, 1.82) is 0 Å². The first-order valence-electron chi connectivity index (χ1n) is 7.76. The number of thiazole rings is 1. The molecule has 2 atom stereocenters.